The number of benzene rings is 1. The number of nitrogens with zero attached hydrogens (tertiary/aromatic N) is 2. The Hall–Kier alpha value is -1.39. The summed E-state index contributed by atoms with van der Waals surface area (Å²) in [5, 5.41) is 3.43. The van der Waals surface area contributed by atoms with Crippen LogP contribution >= 0.6 is 0 Å². The van der Waals surface area contributed by atoms with Crippen LogP contribution in [0.1, 0.15) is 32.1 Å². The first-order valence-corrected chi connectivity index (χ1v) is 7.66. The molecule has 20 heavy (non-hydrogen) atoms. The molecule has 1 saturated heterocycles. The quantitative estimate of drug-likeness (QED) is 0.909. The Morgan fingerprint density at radius 2 is 2.10 bits per heavy atom. The van der Waals surface area contributed by atoms with E-state index in [0.717, 1.165) is 43.2 Å². The van der Waals surface area contributed by atoms with Gasteiger partial charge in [-0.3, -0.25) is 4.90 Å². The molecule has 1 fully saturated rings. The second-order valence-electron chi connectivity index (χ2n) is 5.53. The van der Waals surface area contributed by atoms with Crippen molar-refractivity contribution >= 4 is 11.1 Å². The molecule has 108 valence electrons. The number of aromatic nitrogens is 1. The lowest BCUT2D eigenvalue weighted by Crippen LogP contribution is -2.43. The van der Waals surface area contributed by atoms with Crippen LogP contribution in [-0.4, -0.2) is 35.6 Å². The van der Waals surface area contributed by atoms with E-state index in [2.05, 4.69) is 22.1 Å². The molecule has 0 spiro atoms. The Balaban J connectivity index is 1.74. The van der Waals surface area contributed by atoms with E-state index in [1.807, 2.05) is 24.3 Å². The summed E-state index contributed by atoms with van der Waals surface area (Å²) in [4.78, 5) is 7.14. The Morgan fingerprint density at radius 3 is 2.85 bits per heavy atom. The summed E-state index contributed by atoms with van der Waals surface area (Å²) in [6.45, 7) is 6.42. The molecule has 1 aliphatic heterocycles. The molecule has 0 radical (unpaired) electrons. The second-order valence-corrected chi connectivity index (χ2v) is 5.53. The fourth-order valence-corrected chi connectivity index (χ4v) is 3.01. The molecule has 4 heteroatoms. The predicted octanol–water partition coefficient (Wildman–Crippen LogP) is 2.79. The van der Waals surface area contributed by atoms with Crippen molar-refractivity contribution in [2.75, 3.05) is 19.6 Å². The molecule has 1 aliphatic rings. The minimum absolute atomic E-state index is 0.659. The first-order valence-electron chi connectivity index (χ1n) is 7.66. The van der Waals surface area contributed by atoms with Gasteiger partial charge in [-0.25, -0.2) is 4.98 Å². The summed E-state index contributed by atoms with van der Waals surface area (Å²) in [6.07, 6.45) is 3.62. The van der Waals surface area contributed by atoms with Gasteiger partial charge in [-0.15, -0.1) is 0 Å². The fourth-order valence-electron chi connectivity index (χ4n) is 3.01. The average molecular weight is 273 g/mol. The van der Waals surface area contributed by atoms with Gasteiger partial charge in [-0.1, -0.05) is 19.1 Å². The number of nitrogens with one attached hydrogen (secondary N) is 1. The third-order valence-corrected chi connectivity index (χ3v) is 4.01. The second kappa shape index (κ2) is 6.37. The SMILES string of the molecule is CCCN(Cc1nc2ccccc2o1)C1CCNCC1. The van der Waals surface area contributed by atoms with Crippen LogP contribution in [0.5, 0.6) is 0 Å². The monoisotopic (exact) mass is 273 g/mol. The van der Waals surface area contributed by atoms with Crippen LogP contribution < -0.4 is 5.32 Å². The lowest BCUT2D eigenvalue weighted by molar-refractivity contribution is 0.142. The van der Waals surface area contributed by atoms with E-state index in [0.29, 0.717) is 6.04 Å². The van der Waals surface area contributed by atoms with Gasteiger partial charge in [0.05, 0.1) is 6.54 Å². The molecule has 1 N–H and O–H groups in total. The van der Waals surface area contributed by atoms with E-state index in [9.17, 15) is 0 Å². The van der Waals surface area contributed by atoms with Crippen LogP contribution in [0.4, 0.5) is 0 Å². The van der Waals surface area contributed by atoms with Crippen LogP contribution in [0.2, 0.25) is 0 Å². The van der Waals surface area contributed by atoms with Crippen LogP contribution in [0, 0.1) is 0 Å². The summed E-state index contributed by atoms with van der Waals surface area (Å²) >= 11 is 0. The van der Waals surface area contributed by atoms with Crippen molar-refractivity contribution in [2.45, 2.75) is 38.8 Å². The number of para-hydroxylation sites is 2. The van der Waals surface area contributed by atoms with E-state index in [1.165, 1.54) is 19.3 Å². The van der Waals surface area contributed by atoms with Crippen molar-refractivity contribution < 1.29 is 4.42 Å². The van der Waals surface area contributed by atoms with Gasteiger partial charge in [0, 0.05) is 6.04 Å². The molecule has 4 nitrogen and oxygen atoms in total. The van der Waals surface area contributed by atoms with Crippen molar-refractivity contribution in [3.05, 3.63) is 30.2 Å². The minimum Gasteiger partial charge on any atom is -0.439 e. The average Bonchev–Trinajstić information content (AvgIpc) is 2.90. The highest BCUT2D eigenvalue weighted by molar-refractivity contribution is 5.72. The first kappa shape index (κ1) is 13.6. The Morgan fingerprint density at radius 1 is 1.30 bits per heavy atom. The van der Waals surface area contributed by atoms with Gasteiger partial charge in [0.15, 0.2) is 5.58 Å². The molecule has 0 amide bonds. The van der Waals surface area contributed by atoms with Crippen molar-refractivity contribution in [1.29, 1.82) is 0 Å². The number of oxazole rings is 1. The lowest BCUT2D eigenvalue weighted by atomic mass is 10.0. The number of fused-ring (bicyclic) bond motifs is 1. The van der Waals surface area contributed by atoms with Crippen LogP contribution in [0.25, 0.3) is 11.1 Å². The summed E-state index contributed by atoms with van der Waals surface area (Å²) < 4.78 is 5.87. The molecule has 1 aromatic heterocycles. The number of rotatable bonds is 5. The molecule has 0 bridgehead atoms. The maximum atomic E-state index is 5.87. The number of piperidine rings is 1. The number of hydrogen-bond acceptors (Lipinski definition) is 4. The maximum absolute atomic E-state index is 5.87. The van der Waals surface area contributed by atoms with E-state index >= 15 is 0 Å². The molecule has 0 unspecified atom stereocenters. The molecule has 0 aliphatic carbocycles. The zero-order valence-electron chi connectivity index (χ0n) is 12.1. The third-order valence-electron chi connectivity index (χ3n) is 4.01. The van der Waals surface area contributed by atoms with Gasteiger partial charge < -0.3 is 9.73 Å². The summed E-state index contributed by atoms with van der Waals surface area (Å²) in [5.41, 5.74) is 1.86. The summed E-state index contributed by atoms with van der Waals surface area (Å²) in [6, 6.07) is 8.66. The van der Waals surface area contributed by atoms with Gasteiger partial charge in [-0.2, -0.15) is 0 Å². The smallest absolute Gasteiger partial charge is 0.209 e. The van der Waals surface area contributed by atoms with E-state index in [4.69, 9.17) is 4.42 Å². The molecular formula is C16H23N3O. The molecule has 0 atom stereocenters. The molecule has 2 aromatic rings. The van der Waals surface area contributed by atoms with E-state index in [1.54, 1.807) is 0 Å². The fraction of sp³-hybridized carbons (Fsp3) is 0.562. The van der Waals surface area contributed by atoms with Crippen molar-refractivity contribution in [2.24, 2.45) is 0 Å². The van der Waals surface area contributed by atoms with Crippen molar-refractivity contribution in [3.8, 4) is 0 Å². The molecule has 3 rings (SSSR count). The predicted molar refractivity (Wildman–Crippen MR) is 80.6 cm³/mol. The molecule has 2 heterocycles. The molecule has 1 aromatic carbocycles. The van der Waals surface area contributed by atoms with Gasteiger partial charge in [-0.05, 0) is 51.0 Å². The van der Waals surface area contributed by atoms with Gasteiger partial charge in [0.25, 0.3) is 0 Å². The van der Waals surface area contributed by atoms with Gasteiger partial charge in [0.1, 0.15) is 5.52 Å². The van der Waals surface area contributed by atoms with Crippen LogP contribution in [0.3, 0.4) is 0 Å². The lowest BCUT2D eigenvalue weighted by Gasteiger charge is -2.33. The van der Waals surface area contributed by atoms with E-state index < -0.39 is 0 Å². The van der Waals surface area contributed by atoms with Crippen molar-refractivity contribution in [3.63, 3.8) is 0 Å². The summed E-state index contributed by atoms with van der Waals surface area (Å²) in [5.74, 6) is 0.846. The zero-order valence-corrected chi connectivity index (χ0v) is 12.1. The summed E-state index contributed by atoms with van der Waals surface area (Å²) in [7, 11) is 0. The van der Waals surface area contributed by atoms with Crippen LogP contribution in [-0.2, 0) is 6.54 Å². The Labute approximate surface area is 120 Å². The Kier molecular flexibility index (Phi) is 4.33. The highest BCUT2D eigenvalue weighted by Gasteiger charge is 2.22. The normalized spacial score (nSPS) is 17.1. The standard InChI is InChI=1S/C16H23N3O/c1-2-11-19(13-7-9-17-10-8-13)12-16-18-14-5-3-4-6-15(14)20-16/h3-6,13,17H,2,7-12H2,1H3. The highest BCUT2D eigenvalue weighted by atomic mass is 16.3. The van der Waals surface area contributed by atoms with Crippen LogP contribution in [0.15, 0.2) is 28.7 Å². The number of hydrogen-bond donors (Lipinski definition) is 1. The Bertz CT molecular complexity index is 512. The maximum Gasteiger partial charge on any atom is 0.209 e. The topological polar surface area (TPSA) is 41.3 Å². The zero-order chi connectivity index (χ0) is 13.8. The first-order chi connectivity index (χ1) is 9.86. The van der Waals surface area contributed by atoms with Gasteiger partial charge >= 0.3 is 0 Å². The minimum atomic E-state index is 0.659. The largest absolute Gasteiger partial charge is 0.439 e. The van der Waals surface area contributed by atoms with Crippen molar-refractivity contribution in [1.82, 2.24) is 15.2 Å². The molecule has 0 saturated carbocycles. The third kappa shape index (κ3) is 3.02. The van der Waals surface area contributed by atoms with E-state index in [-0.39, 0.29) is 0 Å². The molecular weight excluding hydrogens is 250 g/mol. The highest BCUT2D eigenvalue weighted by Crippen LogP contribution is 2.19. The van der Waals surface area contributed by atoms with Gasteiger partial charge in [0.2, 0.25) is 5.89 Å².